The summed E-state index contributed by atoms with van der Waals surface area (Å²) >= 11 is 0. The van der Waals surface area contributed by atoms with E-state index < -0.39 is 34.2 Å². The van der Waals surface area contributed by atoms with Gasteiger partial charge < -0.3 is 15.2 Å². The first-order chi connectivity index (χ1) is 12.7. The fourth-order valence-electron chi connectivity index (χ4n) is 3.36. The van der Waals surface area contributed by atoms with Gasteiger partial charge in [0.15, 0.2) is 5.41 Å². The molecular formula is C18H19N3O6. The number of aliphatic carboxylic acids is 1. The molecule has 0 saturated carbocycles. The van der Waals surface area contributed by atoms with Gasteiger partial charge in [0.25, 0.3) is 5.69 Å². The van der Waals surface area contributed by atoms with Crippen LogP contribution in [0.4, 0.5) is 5.69 Å². The Morgan fingerprint density at radius 1 is 1.48 bits per heavy atom. The quantitative estimate of drug-likeness (QED) is 0.254. The summed E-state index contributed by atoms with van der Waals surface area (Å²) in [7, 11) is 0. The number of nitro benzene ring substituents is 1. The minimum Gasteiger partial charge on any atom is -0.480 e. The standard InChI is InChI=1S/C18H19N3O6/c1-11-9-15(13-5-3-6-14(10-13)21(25)26)18(16(22)23,12(2)20-11)17(24)27-8-4-7-19/h3,5-6,9-10,12,15,20H,4,8H2,1-2H3,(H,22,23)/t12?,15-,18?/m1/s1. The van der Waals surface area contributed by atoms with Crippen LogP contribution in [0.2, 0.25) is 0 Å². The van der Waals surface area contributed by atoms with Gasteiger partial charge in [-0.2, -0.15) is 5.26 Å². The van der Waals surface area contributed by atoms with Gasteiger partial charge in [0, 0.05) is 23.7 Å². The topological polar surface area (TPSA) is 143 Å². The summed E-state index contributed by atoms with van der Waals surface area (Å²) in [5.74, 6) is -3.39. The number of non-ortho nitro benzene ring substituents is 1. The normalized spacial score (nSPS) is 24.1. The second kappa shape index (κ2) is 7.86. The van der Waals surface area contributed by atoms with E-state index in [1.54, 1.807) is 26.0 Å². The van der Waals surface area contributed by atoms with E-state index in [1.807, 2.05) is 6.07 Å². The minimum atomic E-state index is -2.04. The van der Waals surface area contributed by atoms with Crippen molar-refractivity contribution in [1.82, 2.24) is 5.32 Å². The zero-order valence-electron chi connectivity index (χ0n) is 14.8. The van der Waals surface area contributed by atoms with Crippen LogP contribution in [0.3, 0.4) is 0 Å². The van der Waals surface area contributed by atoms with Gasteiger partial charge in [0.2, 0.25) is 0 Å². The highest BCUT2D eigenvalue weighted by atomic mass is 16.6. The number of ether oxygens (including phenoxy) is 1. The zero-order chi connectivity index (χ0) is 20.2. The molecule has 2 N–H and O–H groups in total. The van der Waals surface area contributed by atoms with E-state index >= 15 is 0 Å². The van der Waals surface area contributed by atoms with Crippen LogP contribution in [0.5, 0.6) is 0 Å². The van der Waals surface area contributed by atoms with Gasteiger partial charge in [-0.3, -0.25) is 19.7 Å². The second-order valence-electron chi connectivity index (χ2n) is 6.26. The first-order valence-electron chi connectivity index (χ1n) is 8.22. The molecule has 142 valence electrons. The number of carboxylic acids is 1. The first kappa shape index (κ1) is 19.9. The van der Waals surface area contributed by atoms with Crippen molar-refractivity contribution in [2.24, 2.45) is 5.41 Å². The molecule has 0 amide bonds. The SMILES string of the molecule is CC1=C[C@H](c2cccc([N+](=O)[O-])c2)C(C(=O)O)(C(=O)OCCC#N)C(C)N1. The number of esters is 1. The van der Waals surface area contributed by atoms with Crippen molar-refractivity contribution < 1.29 is 24.4 Å². The molecular weight excluding hydrogens is 354 g/mol. The Balaban J connectivity index is 2.61. The molecule has 0 saturated heterocycles. The Morgan fingerprint density at radius 3 is 2.78 bits per heavy atom. The van der Waals surface area contributed by atoms with Gasteiger partial charge in [-0.1, -0.05) is 18.2 Å². The monoisotopic (exact) mass is 373 g/mol. The average Bonchev–Trinajstić information content (AvgIpc) is 2.61. The highest BCUT2D eigenvalue weighted by Crippen LogP contribution is 2.45. The molecule has 0 radical (unpaired) electrons. The van der Waals surface area contributed by atoms with E-state index in [9.17, 15) is 24.8 Å². The molecule has 1 heterocycles. The Kier molecular flexibility index (Phi) is 5.80. The van der Waals surface area contributed by atoms with Crippen molar-refractivity contribution in [3.63, 3.8) is 0 Å². The maximum absolute atomic E-state index is 12.8. The molecule has 0 aromatic heterocycles. The van der Waals surface area contributed by atoms with Crippen LogP contribution in [0.1, 0.15) is 31.7 Å². The molecule has 27 heavy (non-hydrogen) atoms. The van der Waals surface area contributed by atoms with Gasteiger partial charge in [0.1, 0.15) is 6.61 Å². The molecule has 1 aliphatic heterocycles. The number of hydrogen-bond donors (Lipinski definition) is 2. The lowest BCUT2D eigenvalue weighted by Crippen LogP contribution is -2.59. The molecule has 1 aliphatic rings. The fourth-order valence-corrected chi connectivity index (χ4v) is 3.36. The van der Waals surface area contributed by atoms with Crippen LogP contribution < -0.4 is 5.32 Å². The predicted octanol–water partition coefficient (Wildman–Crippen LogP) is 2.10. The highest BCUT2D eigenvalue weighted by molar-refractivity contribution is 6.02. The number of benzene rings is 1. The number of carboxylic acid groups (broad SMARTS) is 1. The van der Waals surface area contributed by atoms with Crippen molar-refractivity contribution in [1.29, 1.82) is 5.26 Å². The molecule has 3 atom stereocenters. The molecule has 0 fully saturated rings. The molecule has 9 nitrogen and oxygen atoms in total. The van der Waals surface area contributed by atoms with Crippen molar-refractivity contribution in [2.75, 3.05) is 6.61 Å². The molecule has 2 unspecified atom stereocenters. The molecule has 1 aromatic rings. The summed E-state index contributed by atoms with van der Waals surface area (Å²) in [6.07, 6.45) is 1.48. The number of nitriles is 1. The highest BCUT2D eigenvalue weighted by Gasteiger charge is 2.59. The van der Waals surface area contributed by atoms with Gasteiger partial charge in [-0.25, -0.2) is 0 Å². The number of nitrogens with one attached hydrogen (secondary N) is 1. The Morgan fingerprint density at radius 2 is 2.19 bits per heavy atom. The Hall–Kier alpha value is -3.41. The average molecular weight is 373 g/mol. The third kappa shape index (κ3) is 3.60. The summed E-state index contributed by atoms with van der Waals surface area (Å²) in [5, 5.41) is 32.7. The van der Waals surface area contributed by atoms with Gasteiger partial charge >= 0.3 is 11.9 Å². The van der Waals surface area contributed by atoms with E-state index in [0.717, 1.165) is 0 Å². The number of nitro groups is 1. The zero-order valence-corrected chi connectivity index (χ0v) is 14.8. The van der Waals surface area contributed by atoms with Crippen molar-refractivity contribution in [3.8, 4) is 6.07 Å². The summed E-state index contributed by atoms with van der Waals surface area (Å²) < 4.78 is 5.08. The lowest BCUT2D eigenvalue weighted by molar-refractivity contribution is -0.384. The summed E-state index contributed by atoms with van der Waals surface area (Å²) in [5.41, 5.74) is -1.29. The van der Waals surface area contributed by atoms with E-state index in [0.29, 0.717) is 11.3 Å². The van der Waals surface area contributed by atoms with Crippen LogP contribution in [0.15, 0.2) is 36.0 Å². The van der Waals surface area contributed by atoms with Crippen molar-refractivity contribution in [2.45, 2.75) is 32.2 Å². The predicted molar refractivity (Wildman–Crippen MR) is 93.4 cm³/mol. The van der Waals surface area contributed by atoms with Gasteiger partial charge in [-0.15, -0.1) is 0 Å². The third-order valence-electron chi connectivity index (χ3n) is 4.61. The van der Waals surface area contributed by atoms with Crippen molar-refractivity contribution in [3.05, 3.63) is 51.7 Å². The molecule has 0 aliphatic carbocycles. The molecule has 0 spiro atoms. The molecule has 0 bridgehead atoms. The Bertz CT molecular complexity index is 844. The van der Waals surface area contributed by atoms with E-state index in [4.69, 9.17) is 10.00 Å². The minimum absolute atomic E-state index is 0.0699. The summed E-state index contributed by atoms with van der Waals surface area (Å²) in [4.78, 5) is 35.7. The molecule has 2 rings (SSSR count). The molecule has 1 aromatic carbocycles. The maximum atomic E-state index is 12.8. The van der Waals surface area contributed by atoms with Crippen LogP contribution in [0, 0.1) is 26.9 Å². The molecule has 9 heteroatoms. The van der Waals surface area contributed by atoms with E-state index in [2.05, 4.69) is 5.32 Å². The number of nitrogens with zero attached hydrogens (tertiary/aromatic N) is 2. The summed E-state index contributed by atoms with van der Waals surface area (Å²) in [6, 6.07) is 6.50. The number of carbonyl (C=O) groups is 2. The Labute approximate surface area is 155 Å². The number of rotatable bonds is 6. The lowest BCUT2D eigenvalue weighted by Gasteiger charge is -2.42. The van der Waals surface area contributed by atoms with Gasteiger partial charge in [-0.05, 0) is 19.4 Å². The van der Waals surface area contributed by atoms with Crippen LogP contribution in [-0.2, 0) is 14.3 Å². The van der Waals surface area contributed by atoms with Crippen LogP contribution in [-0.4, -0.2) is 34.6 Å². The second-order valence-corrected chi connectivity index (χ2v) is 6.26. The number of carbonyl (C=O) groups excluding carboxylic acids is 1. The largest absolute Gasteiger partial charge is 0.480 e. The lowest BCUT2D eigenvalue weighted by atomic mass is 9.65. The van der Waals surface area contributed by atoms with E-state index in [-0.39, 0.29) is 18.7 Å². The number of hydrogen-bond acceptors (Lipinski definition) is 7. The smallest absolute Gasteiger partial charge is 0.326 e. The van der Waals surface area contributed by atoms with Crippen LogP contribution >= 0.6 is 0 Å². The van der Waals surface area contributed by atoms with Crippen molar-refractivity contribution >= 4 is 17.6 Å². The van der Waals surface area contributed by atoms with E-state index in [1.165, 1.54) is 18.2 Å². The first-order valence-corrected chi connectivity index (χ1v) is 8.22. The summed E-state index contributed by atoms with van der Waals surface area (Å²) in [6.45, 7) is 3.02. The van der Waals surface area contributed by atoms with Crippen LogP contribution in [0.25, 0.3) is 0 Å². The van der Waals surface area contributed by atoms with Gasteiger partial charge in [0.05, 0.1) is 23.5 Å². The third-order valence-corrected chi connectivity index (χ3v) is 4.61. The maximum Gasteiger partial charge on any atom is 0.326 e. The fraction of sp³-hybridized carbons (Fsp3) is 0.389. The number of allylic oxidation sites excluding steroid dienone is 2.